The minimum atomic E-state index is -1.23. The second-order valence-corrected chi connectivity index (χ2v) is 7.09. The largest absolute Gasteiger partial charge is 0.507 e. The van der Waals surface area contributed by atoms with E-state index in [0.29, 0.717) is 17.6 Å². The molecule has 0 saturated carbocycles. The molecule has 2 aliphatic rings. The van der Waals surface area contributed by atoms with Crippen molar-refractivity contribution in [2.75, 3.05) is 11.7 Å². The minimum absolute atomic E-state index is 0.0156. The Labute approximate surface area is 180 Å². The van der Waals surface area contributed by atoms with Crippen LogP contribution in [0, 0.1) is 11.6 Å². The summed E-state index contributed by atoms with van der Waals surface area (Å²) in [5.41, 5.74) is -0.171. The van der Waals surface area contributed by atoms with Crippen LogP contribution >= 0.6 is 0 Å². The predicted octanol–water partition coefficient (Wildman–Crippen LogP) is 3.71. The summed E-state index contributed by atoms with van der Waals surface area (Å²) in [7, 11) is 0. The number of benzene rings is 2. The lowest BCUT2D eigenvalue weighted by molar-refractivity contribution is -0.132. The first-order chi connectivity index (χ1) is 15.5. The Morgan fingerprint density at radius 2 is 1.84 bits per heavy atom. The van der Waals surface area contributed by atoms with Crippen LogP contribution in [-0.4, -0.2) is 28.6 Å². The summed E-state index contributed by atoms with van der Waals surface area (Å²) in [4.78, 5) is 31.0. The van der Waals surface area contributed by atoms with Gasteiger partial charge in [0.2, 0.25) is 6.79 Å². The topological polar surface area (TPSA) is 89.0 Å². The molecule has 0 aliphatic carbocycles. The molecule has 1 unspecified atom stereocenters. The molecule has 2 aromatic carbocycles. The first kappa shape index (κ1) is 19.7. The van der Waals surface area contributed by atoms with Gasteiger partial charge in [0.1, 0.15) is 23.4 Å². The number of ketones is 1. The van der Waals surface area contributed by atoms with Crippen LogP contribution in [-0.2, 0) is 9.59 Å². The third kappa shape index (κ3) is 3.06. The van der Waals surface area contributed by atoms with E-state index in [0.717, 1.165) is 17.0 Å². The predicted molar refractivity (Wildman–Crippen MR) is 108 cm³/mol. The van der Waals surface area contributed by atoms with E-state index >= 15 is 0 Å². The van der Waals surface area contributed by atoms with E-state index in [2.05, 4.69) is 4.98 Å². The Kier molecular flexibility index (Phi) is 4.58. The number of carbonyl (C=O) groups is 2. The highest BCUT2D eigenvalue weighted by Crippen LogP contribution is 2.43. The smallest absolute Gasteiger partial charge is 0.300 e. The second-order valence-electron chi connectivity index (χ2n) is 7.09. The number of Topliss-reactive ketones (excluding diaryl/α,β-unsaturated/α-hetero) is 1. The van der Waals surface area contributed by atoms with Gasteiger partial charge < -0.3 is 14.6 Å². The molecule has 1 N–H and O–H groups in total. The van der Waals surface area contributed by atoms with Gasteiger partial charge in [-0.2, -0.15) is 0 Å². The van der Waals surface area contributed by atoms with E-state index in [1.165, 1.54) is 24.4 Å². The van der Waals surface area contributed by atoms with Crippen molar-refractivity contribution in [2.24, 2.45) is 0 Å². The monoisotopic (exact) mass is 436 g/mol. The number of halogens is 2. The van der Waals surface area contributed by atoms with Crippen molar-refractivity contribution in [2.45, 2.75) is 6.04 Å². The molecule has 1 aromatic heterocycles. The van der Waals surface area contributed by atoms with Crippen LogP contribution in [0.15, 0.2) is 66.4 Å². The van der Waals surface area contributed by atoms with Gasteiger partial charge in [-0.1, -0.05) is 6.07 Å². The zero-order valence-electron chi connectivity index (χ0n) is 16.3. The quantitative estimate of drug-likeness (QED) is 0.383. The zero-order valence-corrected chi connectivity index (χ0v) is 16.3. The lowest BCUT2D eigenvalue weighted by Gasteiger charge is -2.25. The molecule has 1 atom stereocenters. The molecule has 5 rings (SSSR count). The summed E-state index contributed by atoms with van der Waals surface area (Å²) >= 11 is 0. The van der Waals surface area contributed by atoms with Crippen molar-refractivity contribution in [1.29, 1.82) is 0 Å². The molecule has 1 saturated heterocycles. The number of anilines is 1. The number of rotatable bonds is 3. The summed E-state index contributed by atoms with van der Waals surface area (Å²) < 4.78 is 38.7. The summed E-state index contributed by atoms with van der Waals surface area (Å²) in [5.74, 6) is -3.62. The number of ether oxygens (including phenoxy) is 2. The maximum absolute atomic E-state index is 14.6. The van der Waals surface area contributed by atoms with E-state index in [1.54, 1.807) is 18.2 Å². The second kappa shape index (κ2) is 7.45. The van der Waals surface area contributed by atoms with Crippen LogP contribution in [0.2, 0.25) is 0 Å². The van der Waals surface area contributed by atoms with Crippen molar-refractivity contribution in [3.05, 3.63) is 89.3 Å². The van der Waals surface area contributed by atoms with Crippen molar-refractivity contribution < 1.29 is 33.0 Å². The highest BCUT2D eigenvalue weighted by atomic mass is 19.1. The number of hydrogen-bond acceptors (Lipinski definition) is 6. The van der Waals surface area contributed by atoms with Gasteiger partial charge in [-0.05, 0) is 42.5 Å². The van der Waals surface area contributed by atoms with Crippen LogP contribution < -0.4 is 14.4 Å². The van der Waals surface area contributed by atoms with E-state index in [9.17, 15) is 23.5 Å². The molecule has 160 valence electrons. The molecule has 3 heterocycles. The normalized spacial score (nSPS) is 18.9. The Bertz CT molecular complexity index is 1290. The molecule has 0 radical (unpaired) electrons. The van der Waals surface area contributed by atoms with Crippen LogP contribution in [0.1, 0.15) is 17.3 Å². The number of amides is 1. The Morgan fingerprint density at radius 1 is 1.03 bits per heavy atom. The Morgan fingerprint density at radius 3 is 2.59 bits per heavy atom. The third-order valence-electron chi connectivity index (χ3n) is 5.23. The Balaban J connectivity index is 1.71. The van der Waals surface area contributed by atoms with Crippen molar-refractivity contribution in [1.82, 2.24) is 4.98 Å². The fourth-order valence-corrected chi connectivity index (χ4v) is 3.77. The van der Waals surface area contributed by atoms with Gasteiger partial charge in [0.15, 0.2) is 11.5 Å². The zero-order chi connectivity index (χ0) is 22.4. The van der Waals surface area contributed by atoms with Crippen LogP contribution in [0.5, 0.6) is 11.5 Å². The molecule has 32 heavy (non-hydrogen) atoms. The summed E-state index contributed by atoms with van der Waals surface area (Å²) in [6.07, 6.45) is 1.44. The first-order valence-electron chi connectivity index (χ1n) is 9.52. The van der Waals surface area contributed by atoms with Gasteiger partial charge in [-0.25, -0.2) is 8.78 Å². The Hall–Kier alpha value is -4.27. The maximum atomic E-state index is 14.6. The summed E-state index contributed by atoms with van der Waals surface area (Å²) in [6, 6.07) is 10.8. The highest BCUT2D eigenvalue weighted by Gasteiger charge is 2.48. The molecule has 9 heteroatoms. The third-order valence-corrected chi connectivity index (χ3v) is 5.23. The first-order valence-corrected chi connectivity index (χ1v) is 9.52. The number of nitrogens with zero attached hydrogens (tertiary/aromatic N) is 2. The summed E-state index contributed by atoms with van der Waals surface area (Å²) in [6.45, 7) is 0.0156. The lowest BCUT2D eigenvalue weighted by atomic mass is 9.98. The highest BCUT2D eigenvalue weighted by molar-refractivity contribution is 6.51. The maximum Gasteiger partial charge on any atom is 0.300 e. The molecule has 1 amide bonds. The number of pyridine rings is 1. The number of carbonyl (C=O) groups excluding carboxylic acids is 2. The van der Waals surface area contributed by atoms with Gasteiger partial charge in [-0.3, -0.25) is 19.5 Å². The van der Waals surface area contributed by atoms with Crippen molar-refractivity contribution in [3.8, 4) is 11.5 Å². The number of hydrogen-bond donors (Lipinski definition) is 1. The number of fused-ring (bicyclic) bond motifs is 1. The van der Waals surface area contributed by atoms with Crippen LogP contribution in [0.3, 0.4) is 0 Å². The molecule has 0 bridgehead atoms. The molecule has 0 spiro atoms. The molecule has 1 fully saturated rings. The van der Waals surface area contributed by atoms with Gasteiger partial charge in [0, 0.05) is 17.8 Å². The van der Waals surface area contributed by atoms with Gasteiger partial charge in [-0.15, -0.1) is 0 Å². The minimum Gasteiger partial charge on any atom is -0.507 e. The van der Waals surface area contributed by atoms with Gasteiger partial charge >= 0.3 is 0 Å². The van der Waals surface area contributed by atoms with Gasteiger partial charge in [0.25, 0.3) is 11.7 Å². The molecular weight excluding hydrogens is 422 g/mol. The van der Waals surface area contributed by atoms with Gasteiger partial charge in [0.05, 0.1) is 17.0 Å². The van der Waals surface area contributed by atoms with Crippen LogP contribution in [0.25, 0.3) is 5.76 Å². The van der Waals surface area contributed by atoms with E-state index < -0.39 is 35.1 Å². The number of aromatic nitrogens is 1. The SMILES string of the molecule is O=C1C(=O)N(c2ccc(F)cc2F)C(c2ccccn2)/C1=C(/O)c1ccc2c(c1)OCO2. The fourth-order valence-electron chi connectivity index (χ4n) is 3.77. The lowest BCUT2D eigenvalue weighted by Crippen LogP contribution is -2.30. The van der Waals surface area contributed by atoms with E-state index in [1.807, 2.05) is 0 Å². The molecule has 2 aliphatic heterocycles. The fraction of sp³-hybridized carbons (Fsp3) is 0.0870. The molecular formula is C23H14F2N2O5. The molecule has 3 aromatic rings. The standard InChI is InChI=1S/C23H14F2N2O5/c24-13-5-6-16(14(25)10-13)27-20(15-3-1-2-8-26-15)19(22(29)23(27)30)21(28)12-4-7-17-18(9-12)32-11-31-17/h1-10,20,28H,11H2/b21-19-. The van der Waals surface area contributed by atoms with Crippen LogP contribution in [0.4, 0.5) is 14.5 Å². The van der Waals surface area contributed by atoms with Crippen molar-refractivity contribution >= 4 is 23.1 Å². The molecule has 7 nitrogen and oxygen atoms in total. The number of aliphatic hydroxyl groups is 1. The van der Waals surface area contributed by atoms with E-state index in [-0.39, 0.29) is 29.3 Å². The average molecular weight is 436 g/mol. The van der Waals surface area contributed by atoms with E-state index in [4.69, 9.17) is 9.47 Å². The number of aliphatic hydroxyl groups excluding tert-OH is 1. The average Bonchev–Trinajstić information content (AvgIpc) is 3.36. The summed E-state index contributed by atoms with van der Waals surface area (Å²) in [5, 5.41) is 11.1. The van der Waals surface area contributed by atoms with Crippen molar-refractivity contribution in [3.63, 3.8) is 0 Å².